The molecule has 18 heavy (non-hydrogen) atoms. The number of nitrogens with two attached hydrogens (primary N) is 1. The van der Waals surface area contributed by atoms with E-state index in [1.165, 1.54) is 6.26 Å². The minimum absolute atomic E-state index is 0.229. The molecule has 92 valence electrons. The third kappa shape index (κ3) is 2.70. The zero-order valence-electron chi connectivity index (χ0n) is 9.64. The molecule has 0 saturated carbocycles. The number of amides is 1. The van der Waals surface area contributed by atoms with Gasteiger partial charge in [0.1, 0.15) is 0 Å². The maximum Gasteiger partial charge on any atom is 0.305 e. The topological polar surface area (TPSA) is 80.3 Å². The van der Waals surface area contributed by atoms with Crippen LogP contribution in [0, 0.1) is 0 Å². The lowest BCUT2D eigenvalue weighted by Gasteiger charge is -2.10. The normalized spacial score (nSPS) is 9.78. The molecule has 0 aliphatic rings. The van der Waals surface area contributed by atoms with Gasteiger partial charge in [-0.1, -0.05) is 18.7 Å². The van der Waals surface area contributed by atoms with Gasteiger partial charge < -0.3 is 10.2 Å². The van der Waals surface area contributed by atoms with E-state index in [2.05, 4.69) is 17.4 Å². The molecule has 0 radical (unpaired) electrons. The molecular formula is C13H13N3O2. The van der Waals surface area contributed by atoms with E-state index in [1.54, 1.807) is 24.3 Å². The van der Waals surface area contributed by atoms with Gasteiger partial charge in [0.05, 0.1) is 12.0 Å². The van der Waals surface area contributed by atoms with E-state index in [0.29, 0.717) is 11.4 Å². The molecule has 2 rings (SSSR count). The Kier molecular flexibility index (Phi) is 3.33. The smallest absolute Gasteiger partial charge is 0.305 e. The number of hydrogen-bond donors (Lipinski definition) is 3. The summed E-state index contributed by atoms with van der Waals surface area (Å²) in [6.45, 7) is 3.81. The van der Waals surface area contributed by atoms with Crippen LogP contribution in [0.15, 0.2) is 53.7 Å². The van der Waals surface area contributed by atoms with E-state index in [9.17, 15) is 4.79 Å². The molecule has 0 aliphatic carbocycles. The Morgan fingerprint density at radius 3 is 2.50 bits per heavy atom. The van der Waals surface area contributed by atoms with Gasteiger partial charge >= 0.3 is 5.91 Å². The molecule has 1 heterocycles. The quantitative estimate of drug-likeness (QED) is 0.564. The Morgan fingerprint density at radius 1 is 1.17 bits per heavy atom. The first-order valence-electron chi connectivity index (χ1n) is 5.31. The summed E-state index contributed by atoms with van der Waals surface area (Å²) in [5, 5.41) is 0. The van der Waals surface area contributed by atoms with Gasteiger partial charge in [0.2, 0.25) is 0 Å². The van der Waals surface area contributed by atoms with Gasteiger partial charge in [0.15, 0.2) is 5.76 Å². The van der Waals surface area contributed by atoms with Gasteiger partial charge in [-0.05, 0) is 29.8 Å². The largest absolute Gasteiger partial charge is 0.459 e. The number of furan rings is 1. The number of carbonyl (C=O) groups excluding carboxylic acids is 1. The molecule has 5 heteroatoms. The highest BCUT2D eigenvalue weighted by Crippen LogP contribution is 2.11. The molecule has 0 spiro atoms. The van der Waals surface area contributed by atoms with Crippen LogP contribution in [0.25, 0.3) is 5.70 Å². The third-order valence-electron chi connectivity index (χ3n) is 2.33. The van der Waals surface area contributed by atoms with E-state index in [1.807, 2.05) is 12.1 Å². The zero-order chi connectivity index (χ0) is 13.0. The number of hydrogen-bond acceptors (Lipinski definition) is 4. The van der Waals surface area contributed by atoms with Gasteiger partial charge in [0, 0.05) is 5.69 Å². The van der Waals surface area contributed by atoms with Crippen molar-refractivity contribution in [2.24, 2.45) is 0 Å². The Hall–Kier alpha value is -2.69. The first-order chi connectivity index (χ1) is 8.66. The van der Waals surface area contributed by atoms with Crippen LogP contribution in [0.2, 0.25) is 0 Å². The molecular weight excluding hydrogens is 230 g/mol. The van der Waals surface area contributed by atoms with Crippen molar-refractivity contribution in [3.8, 4) is 0 Å². The van der Waals surface area contributed by atoms with Crippen molar-refractivity contribution in [1.29, 1.82) is 0 Å². The second kappa shape index (κ2) is 5.09. The van der Waals surface area contributed by atoms with Gasteiger partial charge in [-0.3, -0.25) is 15.6 Å². The highest BCUT2D eigenvalue weighted by atomic mass is 16.3. The Labute approximate surface area is 104 Å². The number of anilines is 1. The average Bonchev–Trinajstić information content (AvgIpc) is 2.90. The minimum atomic E-state index is -0.364. The van der Waals surface area contributed by atoms with Crippen LogP contribution in [0.1, 0.15) is 16.1 Å². The van der Waals surface area contributed by atoms with Crippen molar-refractivity contribution in [1.82, 2.24) is 10.9 Å². The van der Waals surface area contributed by atoms with Crippen LogP contribution in [0.4, 0.5) is 5.69 Å². The molecule has 5 nitrogen and oxygen atoms in total. The highest BCUT2D eigenvalue weighted by molar-refractivity contribution is 5.91. The highest BCUT2D eigenvalue weighted by Gasteiger charge is 2.07. The molecule has 0 bridgehead atoms. The fourth-order valence-electron chi connectivity index (χ4n) is 1.36. The zero-order valence-corrected chi connectivity index (χ0v) is 9.64. The van der Waals surface area contributed by atoms with Crippen molar-refractivity contribution in [2.45, 2.75) is 0 Å². The van der Waals surface area contributed by atoms with E-state index in [-0.39, 0.29) is 11.7 Å². The van der Waals surface area contributed by atoms with Crippen molar-refractivity contribution in [3.63, 3.8) is 0 Å². The summed E-state index contributed by atoms with van der Waals surface area (Å²) in [5.74, 6) is -0.135. The summed E-state index contributed by atoms with van der Waals surface area (Å²) in [6, 6.07) is 10.4. The van der Waals surface area contributed by atoms with Gasteiger partial charge in [-0.2, -0.15) is 0 Å². The van der Waals surface area contributed by atoms with Gasteiger partial charge in [-0.15, -0.1) is 0 Å². The molecule has 1 aromatic heterocycles. The Morgan fingerprint density at radius 2 is 1.89 bits per heavy atom. The predicted molar refractivity (Wildman–Crippen MR) is 69.2 cm³/mol. The number of nitrogen functional groups attached to an aromatic ring is 1. The van der Waals surface area contributed by atoms with Crippen LogP contribution in [0.3, 0.4) is 0 Å². The molecule has 0 saturated heterocycles. The minimum Gasteiger partial charge on any atom is -0.459 e. The average molecular weight is 243 g/mol. The lowest BCUT2D eigenvalue weighted by atomic mass is 10.2. The van der Waals surface area contributed by atoms with Crippen molar-refractivity contribution >= 4 is 17.3 Å². The maximum atomic E-state index is 11.6. The molecule has 1 amide bonds. The lowest BCUT2D eigenvalue weighted by Crippen LogP contribution is -2.35. The van der Waals surface area contributed by atoms with Crippen LogP contribution in [-0.4, -0.2) is 5.91 Å². The molecule has 0 unspecified atom stereocenters. The molecule has 0 fully saturated rings. The van der Waals surface area contributed by atoms with E-state index >= 15 is 0 Å². The number of benzene rings is 1. The van der Waals surface area contributed by atoms with Crippen LogP contribution >= 0.6 is 0 Å². The number of rotatable bonds is 4. The maximum absolute atomic E-state index is 11.6. The van der Waals surface area contributed by atoms with Crippen LogP contribution in [-0.2, 0) is 0 Å². The predicted octanol–water partition coefficient (Wildman–Crippen LogP) is 1.77. The fourth-order valence-corrected chi connectivity index (χ4v) is 1.36. The monoisotopic (exact) mass is 243 g/mol. The molecule has 4 N–H and O–H groups in total. The number of hydrazine groups is 1. The first-order valence-corrected chi connectivity index (χ1v) is 5.31. The van der Waals surface area contributed by atoms with Crippen molar-refractivity contribution in [2.75, 3.05) is 5.73 Å². The van der Waals surface area contributed by atoms with Crippen molar-refractivity contribution in [3.05, 3.63) is 60.6 Å². The van der Waals surface area contributed by atoms with E-state index in [0.717, 1.165) is 5.56 Å². The summed E-state index contributed by atoms with van der Waals surface area (Å²) in [6.07, 6.45) is 1.43. The molecule has 0 atom stereocenters. The number of nitrogens with one attached hydrogen (secondary N) is 2. The van der Waals surface area contributed by atoms with Crippen LogP contribution < -0.4 is 16.6 Å². The van der Waals surface area contributed by atoms with E-state index < -0.39 is 0 Å². The fraction of sp³-hybridized carbons (Fsp3) is 0. The Bertz CT molecular complexity index is 544. The Balaban J connectivity index is 1.92. The summed E-state index contributed by atoms with van der Waals surface area (Å²) in [4.78, 5) is 11.6. The number of carbonyl (C=O) groups is 1. The summed E-state index contributed by atoms with van der Waals surface area (Å²) in [5.41, 5.74) is 12.9. The second-order valence-electron chi connectivity index (χ2n) is 3.66. The summed E-state index contributed by atoms with van der Waals surface area (Å²) >= 11 is 0. The molecule has 1 aromatic carbocycles. The second-order valence-corrected chi connectivity index (χ2v) is 3.66. The van der Waals surface area contributed by atoms with Gasteiger partial charge in [0.25, 0.3) is 0 Å². The summed E-state index contributed by atoms with van der Waals surface area (Å²) in [7, 11) is 0. The summed E-state index contributed by atoms with van der Waals surface area (Å²) < 4.78 is 4.95. The van der Waals surface area contributed by atoms with Gasteiger partial charge in [-0.25, -0.2) is 0 Å². The first kappa shape index (κ1) is 11.8. The standard InChI is InChI=1S/C13H13N3O2/c1-9(10-4-6-11(14)7-5-10)15-16-13(17)12-3-2-8-18-12/h2-8,15H,1,14H2,(H,16,17). The third-order valence-corrected chi connectivity index (χ3v) is 2.33. The van der Waals surface area contributed by atoms with E-state index in [4.69, 9.17) is 10.2 Å². The van der Waals surface area contributed by atoms with Crippen molar-refractivity contribution < 1.29 is 9.21 Å². The molecule has 0 aliphatic heterocycles. The molecule has 2 aromatic rings. The SMILES string of the molecule is C=C(NNC(=O)c1ccco1)c1ccc(N)cc1. The van der Waals surface area contributed by atoms with Crippen LogP contribution in [0.5, 0.6) is 0 Å². The lowest BCUT2D eigenvalue weighted by molar-refractivity contribution is 0.0914.